The van der Waals surface area contributed by atoms with Crippen LogP contribution in [0.4, 0.5) is 0 Å². The van der Waals surface area contributed by atoms with Gasteiger partial charge in [-0.15, -0.1) is 6.42 Å². The van der Waals surface area contributed by atoms with Gasteiger partial charge in [-0.3, -0.25) is 0 Å². The molecule has 0 aromatic heterocycles. The minimum atomic E-state index is -0.494. The number of aromatic hydroxyl groups is 1. The van der Waals surface area contributed by atoms with Gasteiger partial charge in [0.25, 0.3) is 0 Å². The van der Waals surface area contributed by atoms with E-state index in [1.807, 2.05) is 36.4 Å². The second-order valence-corrected chi connectivity index (χ2v) is 6.76. The Labute approximate surface area is 154 Å². The molecule has 0 bridgehead atoms. The summed E-state index contributed by atoms with van der Waals surface area (Å²) in [4.78, 5) is 0. The van der Waals surface area contributed by atoms with Gasteiger partial charge in [-0.2, -0.15) is 0 Å². The first-order chi connectivity index (χ1) is 12.7. The van der Waals surface area contributed by atoms with E-state index in [9.17, 15) is 10.2 Å². The van der Waals surface area contributed by atoms with Gasteiger partial charge in [0.05, 0.1) is 6.10 Å². The molecule has 2 aromatic carbocycles. The van der Waals surface area contributed by atoms with E-state index >= 15 is 0 Å². The van der Waals surface area contributed by atoms with Crippen LogP contribution >= 0.6 is 0 Å². The Kier molecular flexibility index (Phi) is 6.17. The lowest BCUT2D eigenvalue weighted by Gasteiger charge is -2.27. The molecule has 136 valence electrons. The van der Waals surface area contributed by atoms with Gasteiger partial charge in [0.2, 0.25) is 0 Å². The zero-order chi connectivity index (χ0) is 18.4. The van der Waals surface area contributed by atoms with E-state index in [4.69, 9.17) is 11.2 Å². The third-order valence-corrected chi connectivity index (χ3v) is 4.80. The number of phenolic OH excluding ortho intramolecular Hbond substituents is 1. The summed E-state index contributed by atoms with van der Waals surface area (Å²) < 4.78 is 5.54. The summed E-state index contributed by atoms with van der Waals surface area (Å²) >= 11 is 0. The maximum Gasteiger partial charge on any atom is 0.148 e. The highest BCUT2D eigenvalue weighted by Gasteiger charge is 2.19. The van der Waals surface area contributed by atoms with Crippen LogP contribution in [0.5, 0.6) is 11.5 Å². The first-order valence-corrected chi connectivity index (χ1v) is 9.02. The average molecular weight is 351 g/mol. The van der Waals surface area contributed by atoms with E-state index < -0.39 is 6.10 Å². The Balaban J connectivity index is 1.51. The number of hydrogen-bond donors (Lipinski definition) is 3. The SMILES string of the molecule is C#CCOc1ccccc1CC(O)CNC1CCc2cc(O)ccc2C1. The number of ether oxygens (including phenoxy) is 1. The van der Waals surface area contributed by atoms with Crippen LogP contribution in [0, 0.1) is 12.3 Å². The maximum absolute atomic E-state index is 10.4. The van der Waals surface area contributed by atoms with Gasteiger partial charge < -0.3 is 20.3 Å². The first kappa shape index (κ1) is 18.3. The molecule has 0 radical (unpaired) electrons. The van der Waals surface area contributed by atoms with Crippen LogP contribution in [0.15, 0.2) is 42.5 Å². The predicted octanol–water partition coefficient (Wildman–Crippen LogP) is 2.45. The molecule has 26 heavy (non-hydrogen) atoms. The number of fused-ring (bicyclic) bond motifs is 1. The summed E-state index contributed by atoms with van der Waals surface area (Å²) in [6.07, 6.45) is 8.15. The number of phenols is 1. The number of para-hydroxylation sites is 1. The number of aliphatic hydroxyl groups is 1. The maximum atomic E-state index is 10.4. The van der Waals surface area contributed by atoms with Gasteiger partial charge in [0.15, 0.2) is 0 Å². The van der Waals surface area contributed by atoms with Crippen LogP contribution in [0.2, 0.25) is 0 Å². The monoisotopic (exact) mass is 351 g/mol. The number of terminal acetylenes is 1. The Morgan fingerprint density at radius 3 is 2.92 bits per heavy atom. The molecular formula is C22H25NO3. The Bertz CT molecular complexity index is 781. The average Bonchev–Trinajstić information content (AvgIpc) is 2.65. The van der Waals surface area contributed by atoms with Crippen LogP contribution in [0.25, 0.3) is 0 Å². The number of hydrogen-bond acceptors (Lipinski definition) is 4. The molecule has 0 spiro atoms. The van der Waals surface area contributed by atoms with Crippen molar-refractivity contribution in [3.05, 3.63) is 59.2 Å². The van der Waals surface area contributed by atoms with Crippen molar-refractivity contribution in [2.45, 2.75) is 37.8 Å². The third kappa shape index (κ3) is 4.78. The van der Waals surface area contributed by atoms with Gasteiger partial charge in [-0.05, 0) is 54.2 Å². The summed E-state index contributed by atoms with van der Waals surface area (Å²) in [5, 5.41) is 23.5. The fourth-order valence-corrected chi connectivity index (χ4v) is 3.48. The van der Waals surface area contributed by atoms with Crippen molar-refractivity contribution >= 4 is 0 Å². The highest BCUT2D eigenvalue weighted by atomic mass is 16.5. The molecule has 3 N–H and O–H groups in total. The van der Waals surface area contributed by atoms with Crippen molar-refractivity contribution in [1.29, 1.82) is 0 Å². The van der Waals surface area contributed by atoms with Crippen molar-refractivity contribution in [2.24, 2.45) is 0 Å². The molecule has 2 unspecified atom stereocenters. The summed E-state index contributed by atoms with van der Waals surface area (Å²) in [5.74, 6) is 3.53. The van der Waals surface area contributed by atoms with Crippen molar-refractivity contribution in [3.63, 3.8) is 0 Å². The molecule has 4 nitrogen and oxygen atoms in total. The van der Waals surface area contributed by atoms with E-state index in [1.165, 1.54) is 11.1 Å². The van der Waals surface area contributed by atoms with Crippen LogP contribution in [0.3, 0.4) is 0 Å². The molecule has 0 saturated carbocycles. The van der Waals surface area contributed by atoms with Crippen LogP contribution in [-0.2, 0) is 19.3 Å². The lowest BCUT2D eigenvalue weighted by Crippen LogP contribution is -2.39. The summed E-state index contributed by atoms with van der Waals surface area (Å²) in [6.45, 7) is 0.754. The summed E-state index contributed by atoms with van der Waals surface area (Å²) in [7, 11) is 0. The van der Waals surface area contributed by atoms with Crippen LogP contribution in [0.1, 0.15) is 23.1 Å². The van der Waals surface area contributed by atoms with E-state index in [1.54, 1.807) is 6.07 Å². The zero-order valence-corrected chi connectivity index (χ0v) is 14.8. The first-order valence-electron chi connectivity index (χ1n) is 9.02. The standard InChI is InChI=1S/C22H25NO3/c1-2-11-26-22-6-4-3-5-18(22)14-21(25)15-23-19-9-7-17-13-20(24)10-8-16(17)12-19/h1,3-6,8,10,13,19,21,23-25H,7,9,11-12,14-15H2. The molecule has 0 fully saturated rings. The minimum Gasteiger partial charge on any atom is -0.508 e. The third-order valence-electron chi connectivity index (χ3n) is 4.80. The van der Waals surface area contributed by atoms with Crippen molar-refractivity contribution < 1.29 is 14.9 Å². The number of rotatable bonds is 7. The van der Waals surface area contributed by atoms with Gasteiger partial charge in [-0.25, -0.2) is 0 Å². The highest BCUT2D eigenvalue weighted by molar-refractivity contribution is 5.37. The van der Waals surface area contributed by atoms with Gasteiger partial charge >= 0.3 is 0 Å². The zero-order valence-electron chi connectivity index (χ0n) is 14.8. The van der Waals surface area contributed by atoms with E-state index in [2.05, 4.69) is 11.2 Å². The number of aliphatic hydroxyl groups excluding tert-OH is 1. The molecule has 1 aliphatic carbocycles. The Morgan fingerprint density at radius 1 is 1.23 bits per heavy atom. The number of benzene rings is 2. The normalized spacial score (nSPS) is 17.2. The molecule has 0 amide bonds. The molecular weight excluding hydrogens is 326 g/mol. The van der Waals surface area contributed by atoms with Gasteiger partial charge in [0, 0.05) is 19.0 Å². The molecule has 1 aliphatic rings. The van der Waals surface area contributed by atoms with Crippen LogP contribution in [-0.4, -0.2) is 35.5 Å². The second-order valence-electron chi connectivity index (χ2n) is 6.76. The fraction of sp³-hybridized carbons (Fsp3) is 0.364. The van der Waals surface area contributed by atoms with Crippen molar-refractivity contribution in [3.8, 4) is 23.8 Å². The molecule has 2 aromatic rings. The number of aryl methyl sites for hydroxylation is 1. The smallest absolute Gasteiger partial charge is 0.148 e. The van der Waals surface area contributed by atoms with Gasteiger partial charge in [0.1, 0.15) is 18.1 Å². The van der Waals surface area contributed by atoms with E-state index in [0.717, 1.165) is 30.6 Å². The Hall–Kier alpha value is -2.48. The van der Waals surface area contributed by atoms with Crippen molar-refractivity contribution in [1.82, 2.24) is 5.32 Å². The molecule has 0 saturated heterocycles. The quantitative estimate of drug-likeness (QED) is 0.671. The lowest BCUT2D eigenvalue weighted by atomic mass is 9.88. The largest absolute Gasteiger partial charge is 0.508 e. The molecule has 4 heteroatoms. The van der Waals surface area contributed by atoms with Gasteiger partial charge in [-0.1, -0.05) is 30.2 Å². The molecule has 3 rings (SSSR count). The topological polar surface area (TPSA) is 61.7 Å². The minimum absolute atomic E-state index is 0.225. The molecule has 0 heterocycles. The summed E-state index contributed by atoms with van der Waals surface area (Å²) in [6, 6.07) is 13.6. The molecule has 0 aliphatic heterocycles. The van der Waals surface area contributed by atoms with Crippen LogP contribution < -0.4 is 10.1 Å². The Morgan fingerprint density at radius 2 is 2.08 bits per heavy atom. The van der Waals surface area contributed by atoms with E-state index in [-0.39, 0.29) is 6.61 Å². The predicted molar refractivity (Wildman–Crippen MR) is 102 cm³/mol. The second kappa shape index (κ2) is 8.75. The highest BCUT2D eigenvalue weighted by Crippen LogP contribution is 2.25. The fourth-order valence-electron chi connectivity index (χ4n) is 3.48. The van der Waals surface area contributed by atoms with Crippen molar-refractivity contribution in [2.75, 3.05) is 13.2 Å². The van der Waals surface area contributed by atoms with E-state index in [0.29, 0.717) is 24.8 Å². The molecule has 2 atom stereocenters. The lowest BCUT2D eigenvalue weighted by molar-refractivity contribution is 0.164. The summed E-state index contributed by atoms with van der Waals surface area (Å²) in [5.41, 5.74) is 3.46. The number of nitrogens with one attached hydrogen (secondary N) is 1.